The number of nitrogens with one attached hydrogen (secondary N) is 1. The van der Waals surface area contributed by atoms with Gasteiger partial charge in [-0.3, -0.25) is 0 Å². The molecule has 2 heteroatoms. The molecular weight excluding hydrogens is 280 g/mol. The van der Waals surface area contributed by atoms with Crippen LogP contribution in [0.25, 0.3) is 0 Å². The van der Waals surface area contributed by atoms with Gasteiger partial charge >= 0.3 is 0 Å². The molecule has 0 saturated carbocycles. The molecular formula is C21H43N2+. The van der Waals surface area contributed by atoms with Gasteiger partial charge < -0.3 is 9.80 Å². The van der Waals surface area contributed by atoms with E-state index in [0.29, 0.717) is 6.04 Å². The Bertz CT molecular complexity index is 269. The van der Waals surface area contributed by atoms with Gasteiger partial charge in [-0.05, 0) is 44.9 Å². The molecule has 0 aliphatic carbocycles. The van der Waals surface area contributed by atoms with Crippen LogP contribution >= 0.6 is 0 Å². The van der Waals surface area contributed by atoms with E-state index in [0.717, 1.165) is 13.0 Å². The summed E-state index contributed by atoms with van der Waals surface area (Å²) in [6.45, 7) is 21.0. The second-order valence-electron chi connectivity index (χ2n) is 7.00. The Hall–Kier alpha value is -0.600. The van der Waals surface area contributed by atoms with Crippen molar-refractivity contribution < 1.29 is 4.48 Å². The molecule has 136 valence electrons. The molecule has 0 saturated heterocycles. The Kier molecular flexibility index (Phi) is 14.6. The average Bonchev–Trinajstić information content (AvgIpc) is 2.53. The van der Waals surface area contributed by atoms with Crippen LogP contribution < -0.4 is 5.32 Å². The second-order valence-corrected chi connectivity index (χ2v) is 7.00. The summed E-state index contributed by atoms with van der Waals surface area (Å²) in [4.78, 5) is 0. The third-order valence-corrected chi connectivity index (χ3v) is 4.78. The zero-order valence-corrected chi connectivity index (χ0v) is 16.3. The Balaban J connectivity index is 4.15. The summed E-state index contributed by atoms with van der Waals surface area (Å²) in [5.41, 5.74) is 0. The molecule has 23 heavy (non-hydrogen) atoms. The Morgan fingerprint density at radius 1 is 0.826 bits per heavy atom. The molecule has 0 amide bonds. The van der Waals surface area contributed by atoms with Crippen molar-refractivity contribution in [2.45, 2.75) is 78.2 Å². The van der Waals surface area contributed by atoms with Crippen molar-refractivity contribution in [1.29, 1.82) is 0 Å². The lowest BCUT2D eigenvalue weighted by Crippen LogP contribution is -2.50. The smallest absolute Gasteiger partial charge is 0.0786 e. The quantitative estimate of drug-likeness (QED) is 0.217. The first kappa shape index (κ1) is 22.4. The summed E-state index contributed by atoms with van der Waals surface area (Å²) in [6.07, 6.45) is 14.3. The second kappa shape index (κ2) is 15.0. The van der Waals surface area contributed by atoms with Crippen molar-refractivity contribution >= 4 is 0 Å². The maximum atomic E-state index is 3.88. The lowest BCUT2D eigenvalue weighted by Gasteiger charge is -2.38. The molecule has 0 radical (unpaired) electrons. The van der Waals surface area contributed by atoms with Crippen LogP contribution in [0, 0.1) is 0 Å². The molecule has 1 unspecified atom stereocenters. The summed E-state index contributed by atoms with van der Waals surface area (Å²) < 4.78 is 1.36. The maximum Gasteiger partial charge on any atom is 0.0786 e. The zero-order valence-electron chi connectivity index (χ0n) is 16.3. The average molecular weight is 324 g/mol. The Labute approximate surface area is 146 Å². The third-order valence-electron chi connectivity index (χ3n) is 4.78. The van der Waals surface area contributed by atoms with E-state index in [9.17, 15) is 0 Å². The molecule has 0 heterocycles. The minimum atomic E-state index is 0.576. The van der Waals surface area contributed by atoms with Gasteiger partial charge in [0.25, 0.3) is 0 Å². The van der Waals surface area contributed by atoms with Gasteiger partial charge in [0.1, 0.15) is 0 Å². The van der Waals surface area contributed by atoms with E-state index >= 15 is 0 Å². The molecule has 0 spiro atoms. The van der Waals surface area contributed by atoms with Crippen LogP contribution in [0.3, 0.4) is 0 Å². The lowest BCUT2D eigenvalue weighted by atomic mass is 10.0. The number of hydrogen-bond donors (Lipinski definition) is 1. The predicted molar refractivity (Wildman–Crippen MR) is 106 cm³/mol. The lowest BCUT2D eigenvalue weighted by molar-refractivity contribution is -0.928. The van der Waals surface area contributed by atoms with Crippen molar-refractivity contribution in [2.24, 2.45) is 0 Å². The number of hydrogen-bond acceptors (Lipinski definition) is 1. The van der Waals surface area contributed by atoms with Gasteiger partial charge in [0.2, 0.25) is 0 Å². The summed E-state index contributed by atoms with van der Waals surface area (Å²) in [5.74, 6) is 0. The highest BCUT2D eigenvalue weighted by molar-refractivity contribution is 4.81. The van der Waals surface area contributed by atoms with Crippen LogP contribution in [-0.4, -0.2) is 43.2 Å². The predicted octanol–water partition coefficient (Wildman–Crippen LogP) is 5.31. The van der Waals surface area contributed by atoms with Crippen LogP contribution in [0.4, 0.5) is 0 Å². The van der Waals surface area contributed by atoms with Crippen LogP contribution in [0.5, 0.6) is 0 Å². The van der Waals surface area contributed by atoms with Crippen LogP contribution in [0.15, 0.2) is 25.3 Å². The van der Waals surface area contributed by atoms with E-state index in [2.05, 4.69) is 39.2 Å². The molecule has 0 bridgehead atoms. The minimum absolute atomic E-state index is 0.576. The monoisotopic (exact) mass is 323 g/mol. The molecule has 0 aromatic carbocycles. The number of unbranched alkanes of at least 4 members (excludes halogenated alkanes) is 2. The summed E-state index contributed by atoms with van der Waals surface area (Å²) >= 11 is 0. The maximum absolute atomic E-state index is 3.88. The van der Waals surface area contributed by atoms with E-state index in [-0.39, 0.29) is 0 Å². The molecule has 2 nitrogen and oxygen atoms in total. The van der Waals surface area contributed by atoms with Crippen LogP contribution in [0.2, 0.25) is 0 Å². The van der Waals surface area contributed by atoms with Gasteiger partial charge in [-0.25, -0.2) is 0 Å². The Morgan fingerprint density at radius 2 is 1.43 bits per heavy atom. The number of quaternary nitrogens is 1. The summed E-state index contributed by atoms with van der Waals surface area (Å²) in [7, 11) is 0. The van der Waals surface area contributed by atoms with E-state index in [4.69, 9.17) is 0 Å². The third kappa shape index (κ3) is 10.7. The fourth-order valence-electron chi connectivity index (χ4n) is 3.86. The standard InChI is InChI=1S/C21H43N2/c1-6-14-21(22-16-7-2)15-12-11-13-20-23(17-8-3,18-9-4)19-10-5/h6-7,21-22H,1-2,8-20H2,3-5H3/q+1. The van der Waals surface area contributed by atoms with Gasteiger partial charge in [-0.1, -0.05) is 39.3 Å². The SMILES string of the molecule is C=CCNC(CC=C)CCCCC[N+](CCC)(CCC)CCC. The van der Waals surface area contributed by atoms with Gasteiger partial charge in [0, 0.05) is 12.6 Å². The number of nitrogens with zero attached hydrogens (tertiary/aromatic N) is 1. The minimum Gasteiger partial charge on any atom is -0.324 e. The highest BCUT2D eigenvalue weighted by atomic mass is 15.3. The summed E-state index contributed by atoms with van der Waals surface area (Å²) in [6, 6.07) is 0.576. The summed E-state index contributed by atoms with van der Waals surface area (Å²) in [5, 5.41) is 3.55. The fourth-order valence-corrected chi connectivity index (χ4v) is 3.86. The highest BCUT2D eigenvalue weighted by Gasteiger charge is 2.23. The normalized spacial score (nSPS) is 13.0. The van der Waals surface area contributed by atoms with E-state index in [1.54, 1.807) is 0 Å². The molecule has 0 aliphatic rings. The molecule has 1 N–H and O–H groups in total. The molecule has 1 atom stereocenters. The van der Waals surface area contributed by atoms with Crippen LogP contribution in [-0.2, 0) is 0 Å². The molecule has 0 aromatic heterocycles. The van der Waals surface area contributed by atoms with Crippen molar-refractivity contribution in [3.8, 4) is 0 Å². The van der Waals surface area contributed by atoms with Crippen molar-refractivity contribution in [3.63, 3.8) is 0 Å². The van der Waals surface area contributed by atoms with Gasteiger partial charge in [-0.15, -0.1) is 13.2 Å². The van der Waals surface area contributed by atoms with E-state index < -0.39 is 0 Å². The van der Waals surface area contributed by atoms with E-state index in [1.165, 1.54) is 75.6 Å². The van der Waals surface area contributed by atoms with Crippen LogP contribution in [0.1, 0.15) is 72.1 Å². The van der Waals surface area contributed by atoms with Gasteiger partial charge in [0.05, 0.1) is 26.2 Å². The molecule has 0 aliphatic heterocycles. The van der Waals surface area contributed by atoms with Crippen molar-refractivity contribution in [1.82, 2.24) is 5.32 Å². The molecule has 0 fully saturated rings. The fraction of sp³-hybridized carbons (Fsp3) is 0.810. The first-order chi connectivity index (χ1) is 11.2. The highest BCUT2D eigenvalue weighted by Crippen LogP contribution is 2.15. The first-order valence-electron chi connectivity index (χ1n) is 9.98. The zero-order chi connectivity index (χ0) is 17.4. The van der Waals surface area contributed by atoms with Gasteiger partial charge in [0.15, 0.2) is 0 Å². The Morgan fingerprint density at radius 3 is 1.91 bits per heavy atom. The van der Waals surface area contributed by atoms with Crippen molar-refractivity contribution in [3.05, 3.63) is 25.3 Å². The van der Waals surface area contributed by atoms with Gasteiger partial charge in [-0.2, -0.15) is 0 Å². The van der Waals surface area contributed by atoms with E-state index in [1.807, 2.05) is 12.2 Å². The largest absolute Gasteiger partial charge is 0.324 e. The topological polar surface area (TPSA) is 12.0 Å². The van der Waals surface area contributed by atoms with Crippen molar-refractivity contribution in [2.75, 3.05) is 32.7 Å². The first-order valence-corrected chi connectivity index (χ1v) is 9.98. The number of rotatable bonds is 17. The molecule has 0 aromatic rings. The molecule has 0 rings (SSSR count).